The third-order valence-corrected chi connectivity index (χ3v) is 2.32. The van der Waals surface area contributed by atoms with Crippen LogP contribution >= 0.6 is 0 Å². The van der Waals surface area contributed by atoms with Crippen molar-refractivity contribution in [2.24, 2.45) is 0 Å². The van der Waals surface area contributed by atoms with Gasteiger partial charge in [0.1, 0.15) is 6.04 Å². The molecule has 0 saturated carbocycles. The van der Waals surface area contributed by atoms with Crippen molar-refractivity contribution in [3.8, 4) is 0 Å². The number of rotatable bonds is 9. The molecule has 5 heteroatoms. The average molecular weight is 231 g/mol. The lowest BCUT2D eigenvalue weighted by Gasteiger charge is -2.11. The van der Waals surface area contributed by atoms with Gasteiger partial charge in [0.2, 0.25) is 5.91 Å². The first kappa shape index (κ1) is 14.9. The number of hydrogen-bond acceptors (Lipinski definition) is 3. The molecule has 5 nitrogen and oxygen atoms in total. The third kappa shape index (κ3) is 7.23. The van der Waals surface area contributed by atoms with Crippen LogP contribution in [0.1, 0.15) is 45.4 Å². The molecule has 0 fully saturated rings. The zero-order chi connectivity index (χ0) is 12.4. The van der Waals surface area contributed by atoms with Gasteiger partial charge in [-0.15, -0.1) is 0 Å². The molecule has 3 N–H and O–H groups in total. The Bertz CT molecular complexity index is 218. The molecular formula is C11H21NO4. The van der Waals surface area contributed by atoms with E-state index in [1.54, 1.807) is 0 Å². The number of aliphatic hydroxyl groups excluding tert-OH is 1. The van der Waals surface area contributed by atoms with E-state index < -0.39 is 18.6 Å². The Morgan fingerprint density at radius 2 is 1.81 bits per heavy atom. The van der Waals surface area contributed by atoms with E-state index in [0.29, 0.717) is 6.42 Å². The summed E-state index contributed by atoms with van der Waals surface area (Å²) in [7, 11) is 0. The van der Waals surface area contributed by atoms with E-state index in [9.17, 15) is 9.59 Å². The van der Waals surface area contributed by atoms with E-state index in [4.69, 9.17) is 10.2 Å². The van der Waals surface area contributed by atoms with Gasteiger partial charge in [-0.05, 0) is 6.42 Å². The first-order valence-corrected chi connectivity index (χ1v) is 5.74. The molecule has 0 rings (SSSR count). The molecule has 0 aliphatic rings. The van der Waals surface area contributed by atoms with E-state index in [-0.39, 0.29) is 5.91 Å². The lowest BCUT2D eigenvalue weighted by molar-refractivity contribution is -0.142. The minimum Gasteiger partial charge on any atom is -0.480 e. The van der Waals surface area contributed by atoms with Crippen LogP contribution in [-0.4, -0.2) is 34.7 Å². The fraction of sp³-hybridized carbons (Fsp3) is 0.818. The molecule has 1 amide bonds. The molecule has 0 heterocycles. The van der Waals surface area contributed by atoms with Crippen molar-refractivity contribution in [3.63, 3.8) is 0 Å². The van der Waals surface area contributed by atoms with Crippen molar-refractivity contribution in [2.75, 3.05) is 6.61 Å². The zero-order valence-electron chi connectivity index (χ0n) is 9.74. The summed E-state index contributed by atoms with van der Waals surface area (Å²) in [6, 6.07) is -1.18. The summed E-state index contributed by atoms with van der Waals surface area (Å²) in [6.45, 7) is 1.54. The number of hydrogen-bond donors (Lipinski definition) is 3. The SMILES string of the molecule is CCCCCCCC(=O)N[C@H](CO)C(=O)O. The smallest absolute Gasteiger partial charge is 0.328 e. The van der Waals surface area contributed by atoms with Crippen LogP contribution in [0.5, 0.6) is 0 Å². The quantitative estimate of drug-likeness (QED) is 0.515. The van der Waals surface area contributed by atoms with Crippen LogP contribution < -0.4 is 5.32 Å². The maximum atomic E-state index is 11.3. The Balaban J connectivity index is 3.61. The Hall–Kier alpha value is -1.10. The summed E-state index contributed by atoms with van der Waals surface area (Å²) >= 11 is 0. The van der Waals surface area contributed by atoms with Gasteiger partial charge < -0.3 is 15.5 Å². The molecule has 0 unspecified atom stereocenters. The predicted molar refractivity (Wildman–Crippen MR) is 60.0 cm³/mol. The molecule has 0 spiro atoms. The highest BCUT2D eigenvalue weighted by Gasteiger charge is 2.17. The molecule has 0 aliphatic carbocycles. The standard InChI is InChI=1S/C11H21NO4/c1-2-3-4-5-6-7-10(14)12-9(8-13)11(15)16/h9,13H,2-8H2,1H3,(H,12,14)(H,15,16)/t9-/m1/s1. The van der Waals surface area contributed by atoms with Gasteiger partial charge in [0.25, 0.3) is 0 Å². The van der Waals surface area contributed by atoms with E-state index in [2.05, 4.69) is 12.2 Å². The van der Waals surface area contributed by atoms with Crippen molar-refractivity contribution in [1.82, 2.24) is 5.32 Å². The van der Waals surface area contributed by atoms with Gasteiger partial charge >= 0.3 is 5.97 Å². The Morgan fingerprint density at radius 1 is 1.19 bits per heavy atom. The topological polar surface area (TPSA) is 86.6 Å². The van der Waals surface area contributed by atoms with Crippen LogP contribution in [0.25, 0.3) is 0 Å². The summed E-state index contributed by atoms with van der Waals surface area (Å²) < 4.78 is 0. The van der Waals surface area contributed by atoms with Gasteiger partial charge in [-0.2, -0.15) is 0 Å². The second-order valence-electron chi connectivity index (χ2n) is 3.81. The lowest BCUT2D eigenvalue weighted by Crippen LogP contribution is -2.43. The van der Waals surface area contributed by atoms with Crippen molar-refractivity contribution in [3.05, 3.63) is 0 Å². The Morgan fingerprint density at radius 3 is 2.31 bits per heavy atom. The molecule has 0 aromatic heterocycles. The number of amides is 1. The molecule has 0 aromatic rings. The van der Waals surface area contributed by atoms with Gasteiger partial charge in [-0.25, -0.2) is 4.79 Å². The summed E-state index contributed by atoms with van der Waals surface area (Å²) in [4.78, 5) is 21.8. The lowest BCUT2D eigenvalue weighted by atomic mass is 10.1. The van der Waals surface area contributed by atoms with Crippen molar-refractivity contribution < 1.29 is 19.8 Å². The molecule has 0 aliphatic heterocycles. The largest absolute Gasteiger partial charge is 0.480 e. The number of aliphatic carboxylic acids is 1. The predicted octanol–water partition coefficient (Wildman–Crippen LogP) is 0.909. The van der Waals surface area contributed by atoms with Crippen LogP contribution in [0, 0.1) is 0 Å². The number of unbranched alkanes of at least 4 members (excludes halogenated alkanes) is 4. The minimum atomic E-state index is -1.21. The van der Waals surface area contributed by atoms with Crippen LogP contribution in [-0.2, 0) is 9.59 Å². The second-order valence-corrected chi connectivity index (χ2v) is 3.81. The Kier molecular flexibility index (Phi) is 8.52. The fourth-order valence-electron chi connectivity index (χ4n) is 1.34. The molecule has 16 heavy (non-hydrogen) atoms. The number of carbonyl (C=O) groups is 2. The van der Waals surface area contributed by atoms with E-state index in [1.165, 1.54) is 0 Å². The van der Waals surface area contributed by atoms with Crippen molar-refractivity contribution in [2.45, 2.75) is 51.5 Å². The second kappa shape index (κ2) is 9.15. The van der Waals surface area contributed by atoms with E-state index in [1.807, 2.05) is 0 Å². The highest BCUT2D eigenvalue weighted by Crippen LogP contribution is 2.04. The highest BCUT2D eigenvalue weighted by atomic mass is 16.4. The maximum Gasteiger partial charge on any atom is 0.328 e. The molecular weight excluding hydrogens is 210 g/mol. The van der Waals surface area contributed by atoms with Gasteiger partial charge in [-0.3, -0.25) is 4.79 Å². The van der Waals surface area contributed by atoms with Gasteiger partial charge in [0.15, 0.2) is 0 Å². The van der Waals surface area contributed by atoms with Gasteiger partial charge in [0, 0.05) is 6.42 Å². The first-order valence-electron chi connectivity index (χ1n) is 5.74. The average Bonchev–Trinajstić information content (AvgIpc) is 2.25. The fourth-order valence-corrected chi connectivity index (χ4v) is 1.34. The minimum absolute atomic E-state index is 0.307. The van der Waals surface area contributed by atoms with Crippen LogP contribution in [0.3, 0.4) is 0 Å². The molecule has 94 valence electrons. The summed E-state index contributed by atoms with van der Waals surface area (Å²) in [6.07, 6.45) is 5.50. The van der Waals surface area contributed by atoms with Gasteiger partial charge in [-0.1, -0.05) is 32.6 Å². The normalized spacial score (nSPS) is 12.1. The van der Waals surface area contributed by atoms with E-state index >= 15 is 0 Å². The molecule has 0 saturated heterocycles. The van der Waals surface area contributed by atoms with Crippen molar-refractivity contribution >= 4 is 11.9 Å². The number of nitrogens with one attached hydrogen (secondary N) is 1. The summed E-state index contributed by atoms with van der Waals surface area (Å²) in [5.41, 5.74) is 0. The molecule has 0 radical (unpaired) electrons. The molecule has 0 aromatic carbocycles. The highest BCUT2D eigenvalue weighted by molar-refractivity contribution is 5.83. The molecule has 1 atom stereocenters. The van der Waals surface area contributed by atoms with Crippen molar-refractivity contribution in [1.29, 1.82) is 0 Å². The van der Waals surface area contributed by atoms with Crippen LogP contribution in [0.15, 0.2) is 0 Å². The monoisotopic (exact) mass is 231 g/mol. The maximum absolute atomic E-state index is 11.3. The Labute approximate surface area is 95.9 Å². The number of aliphatic hydroxyl groups is 1. The molecule has 0 bridgehead atoms. The number of carbonyl (C=O) groups excluding carboxylic acids is 1. The first-order chi connectivity index (χ1) is 7.61. The zero-order valence-corrected chi connectivity index (χ0v) is 9.74. The van der Waals surface area contributed by atoms with Crippen LogP contribution in [0.2, 0.25) is 0 Å². The number of carboxylic acids is 1. The van der Waals surface area contributed by atoms with Gasteiger partial charge in [0.05, 0.1) is 6.61 Å². The van der Waals surface area contributed by atoms with E-state index in [0.717, 1.165) is 32.1 Å². The summed E-state index contributed by atoms with van der Waals surface area (Å²) in [5.74, 6) is -1.51. The summed E-state index contributed by atoms with van der Waals surface area (Å²) in [5, 5.41) is 19.5. The third-order valence-electron chi connectivity index (χ3n) is 2.32. The number of carboxylic acid groups (broad SMARTS) is 1. The van der Waals surface area contributed by atoms with Crippen LogP contribution in [0.4, 0.5) is 0 Å².